The Labute approximate surface area is 144 Å². The van der Waals surface area contributed by atoms with Crippen LogP contribution >= 0.6 is 0 Å². The number of rotatable bonds is 8. The Morgan fingerprint density at radius 3 is 2.54 bits per heavy atom. The zero-order chi connectivity index (χ0) is 17.4. The standard InChI is InChI=1S/C20H26N2O2/c1-4-17-7-5-6-15(2)20(17)22-14-19(23)21-13-12-16-8-10-18(24-3)11-9-16/h5-11,22H,4,12-14H2,1-3H3,(H,21,23). The van der Waals surface area contributed by atoms with Crippen molar-refractivity contribution in [1.82, 2.24) is 5.32 Å². The number of ether oxygens (including phenoxy) is 1. The highest BCUT2D eigenvalue weighted by Crippen LogP contribution is 2.20. The lowest BCUT2D eigenvalue weighted by molar-refractivity contribution is -0.119. The van der Waals surface area contributed by atoms with Crippen molar-refractivity contribution in [2.75, 3.05) is 25.5 Å². The summed E-state index contributed by atoms with van der Waals surface area (Å²) in [6, 6.07) is 14.1. The van der Waals surface area contributed by atoms with Crippen LogP contribution in [-0.2, 0) is 17.6 Å². The van der Waals surface area contributed by atoms with Gasteiger partial charge in [-0.2, -0.15) is 0 Å². The van der Waals surface area contributed by atoms with Crippen LogP contribution in [-0.4, -0.2) is 26.1 Å². The first-order valence-corrected chi connectivity index (χ1v) is 8.36. The molecule has 24 heavy (non-hydrogen) atoms. The summed E-state index contributed by atoms with van der Waals surface area (Å²) in [5.41, 5.74) is 4.66. The summed E-state index contributed by atoms with van der Waals surface area (Å²) in [6.45, 7) is 5.10. The number of anilines is 1. The maximum Gasteiger partial charge on any atom is 0.239 e. The lowest BCUT2D eigenvalue weighted by Crippen LogP contribution is -2.31. The second-order valence-corrected chi connectivity index (χ2v) is 5.76. The van der Waals surface area contributed by atoms with Crippen LogP contribution in [0.3, 0.4) is 0 Å². The molecule has 0 aliphatic rings. The number of aryl methyl sites for hydroxylation is 2. The van der Waals surface area contributed by atoms with E-state index in [-0.39, 0.29) is 5.91 Å². The van der Waals surface area contributed by atoms with Crippen LogP contribution in [0.5, 0.6) is 5.75 Å². The molecule has 0 heterocycles. The lowest BCUT2D eigenvalue weighted by atomic mass is 10.1. The van der Waals surface area contributed by atoms with Gasteiger partial charge in [0.05, 0.1) is 13.7 Å². The molecule has 0 saturated carbocycles. The van der Waals surface area contributed by atoms with Gasteiger partial charge >= 0.3 is 0 Å². The number of nitrogens with one attached hydrogen (secondary N) is 2. The highest BCUT2D eigenvalue weighted by Gasteiger charge is 2.06. The van der Waals surface area contributed by atoms with E-state index in [0.29, 0.717) is 13.1 Å². The molecule has 0 fully saturated rings. The van der Waals surface area contributed by atoms with Gasteiger partial charge in [-0.3, -0.25) is 4.79 Å². The summed E-state index contributed by atoms with van der Waals surface area (Å²) in [5, 5.41) is 6.22. The second-order valence-electron chi connectivity index (χ2n) is 5.76. The van der Waals surface area contributed by atoms with Gasteiger partial charge in [-0.25, -0.2) is 0 Å². The molecule has 0 unspecified atom stereocenters. The zero-order valence-corrected chi connectivity index (χ0v) is 14.7. The number of carbonyl (C=O) groups excluding carboxylic acids is 1. The molecular weight excluding hydrogens is 300 g/mol. The number of benzene rings is 2. The van der Waals surface area contributed by atoms with Crippen molar-refractivity contribution in [3.63, 3.8) is 0 Å². The first-order valence-electron chi connectivity index (χ1n) is 8.36. The van der Waals surface area contributed by atoms with E-state index in [2.05, 4.69) is 36.6 Å². The highest BCUT2D eigenvalue weighted by molar-refractivity contribution is 5.81. The monoisotopic (exact) mass is 326 g/mol. The molecule has 128 valence electrons. The molecule has 2 rings (SSSR count). The number of hydrogen-bond acceptors (Lipinski definition) is 3. The van der Waals surface area contributed by atoms with Crippen LogP contribution in [0.15, 0.2) is 42.5 Å². The fourth-order valence-corrected chi connectivity index (χ4v) is 2.65. The Kier molecular flexibility index (Phi) is 6.67. The van der Waals surface area contributed by atoms with Crippen LogP contribution in [0.4, 0.5) is 5.69 Å². The number of amides is 1. The Balaban J connectivity index is 1.77. The smallest absolute Gasteiger partial charge is 0.239 e. The van der Waals surface area contributed by atoms with E-state index in [1.165, 1.54) is 16.7 Å². The Morgan fingerprint density at radius 1 is 1.12 bits per heavy atom. The average Bonchev–Trinajstić information content (AvgIpc) is 2.61. The van der Waals surface area contributed by atoms with Crippen LogP contribution in [0.1, 0.15) is 23.6 Å². The van der Waals surface area contributed by atoms with Crippen molar-refractivity contribution in [1.29, 1.82) is 0 Å². The molecule has 2 aromatic rings. The van der Waals surface area contributed by atoms with Crippen molar-refractivity contribution in [2.24, 2.45) is 0 Å². The van der Waals surface area contributed by atoms with Gasteiger partial charge < -0.3 is 15.4 Å². The Hall–Kier alpha value is -2.49. The van der Waals surface area contributed by atoms with Crippen molar-refractivity contribution in [3.05, 3.63) is 59.2 Å². The Morgan fingerprint density at radius 2 is 1.88 bits per heavy atom. The van der Waals surface area contributed by atoms with Crippen LogP contribution in [0, 0.1) is 6.92 Å². The van der Waals surface area contributed by atoms with Crippen molar-refractivity contribution in [2.45, 2.75) is 26.7 Å². The van der Waals surface area contributed by atoms with Gasteiger partial charge in [0, 0.05) is 12.2 Å². The van der Waals surface area contributed by atoms with Crippen LogP contribution in [0.25, 0.3) is 0 Å². The van der Waals surface area contributed by atoms with E-state index >= 15 is 0 Å². The largest absolute Gasteiger partial charge is 0.497 e. The molecular formula is C20H26N2O2. The van der Waals surface area contributed by atoms with E-state index in [4.69, 9.17) is 4.74 Å². The van der Waals surface area contributed by atoms with Crippen molar-refractivity contribution < 1.29 is 9.53 Å². The van der Waals surface area contributed by atoms with E-state index in [1.54, 1.807) is 7.11 Å². The summed E-state index contributed by atoms with van der Waals surface area (Å²) < 4.78 is 5.14. The average molecular weight is 326 g/mol. The van der Waals surface area contributed by atoms with Crippen LogP contribution < -0.4 is 15.4 Å². The van der Waals surface area contributed by atoms with E-state index in [9.17, 15) is 4.79 Å². The molecule has 0 saturated heterocycles. The van der Waals surface area contributed by atoms with Gasteiger partial charge in [-0.1, -0.05) is 37.3 Å². The summed E-state index contributed by atoms with van der Waals surface area (Å²) in [5.74, 6) is 0.853. The highest BCUT2D eigenvalue weighted by atomic mass is 16.5. The minimum Gasteiger partial charge on any atom is -0.497 e. The van der Waals surface area contributed by atoms with Crippen molar-refractivity contribution in [3.8, 4) is 5.75 Å². The van der Waals surface area contributed by atoms with E-state index < -0.39 is 0 Å². The summed E-state index contributed by atoms with van der Waals surface area (Å²) in [7, 11) is 1.65. The molecule has 1 amide bonds. The molecule has 0 radical (unpaired) electrons. The molecule has 0 aromatic heterocycles. The fourth-order valence-electron chi connectivity index (χ4n) is 2.65. The number of carbonyl (C=O) groups is 1. The van der Waals surface area contributed by atoms with Crippen molar-refractivity contribution >= 4 is 11.6 Å². The quantitative estimate of drug-likeness (QED) is 0.782. The third-order valence-corrected chi connectivity index (χ3v) is 4.06. The third-order valence-electron chi connectivity index (χ3n) is 4.06. The predicted molar refractivity (Wildman–Crippen MR) is 98.8 cm³/mol. The minimum atomic E-state index is 0.00816. The molecule has 0 aliphatic heterocycles. The zero-order valence-electron chi connectivity index (χ0n) is 14.7. The fraction of sp³-hybridized carbons (Fsp3) is 0.350. The normalized spacial score (nSPS) is 10.3. The van der Waals surface area contributed by atoms with E-state index in [1.807, 2.05) is 30.3 Å². The van der Waals surface area contributed by atoms with E-state index in [0.717, 1.165) is 24.3 Å². The molecule has 2 aromatic carbocycles. The molecule has 2 N–H and O–H groups in total. The first-order chi connectivity index (χ1) is 11.6. The minimum absolute atomic E-state index is 0.00816. The molecule has 4 nitrogen and oxygen atoms in total. The van der Waals surface area contributed by atoms with Crippen LogP contribution in [0.2, 0.25) is 0 Å². The Bertz CT molecular complexity index is 666. The van der Waals surface area contributed by atoms with Gasteiger partial charge in [0.25, 0.3) is 0 Å². The van der Waals surface area contributed by atoms with Gasteiger partial charge in [0.2, 0.25) is 5.91 Å². The predicted octanol–water partition coefficient (Wildman–Crippen LogP) is 3.34. The number of hydrogen-bond donors (Lipinski definition) is 2. The second kappa shape index (κ2) is 8.96. The third kappa shape index (κ3) is 5.01. The molecule has 0 spiro atoms. The van der Waals surface area contributed by atoms with Gasteiger partial charge in [-0.15, -0.1) is 0 Å². The number of methoxy groups -OCH3 is 1. The molecule has 0 aliphatic carbocycles. The molecule has 4 heteroatoms. The lowest BCUT2D eigenvalue weighted by Gasteiger charge is -2.14. The summed E-state index contributed by atoms with van der Waals surface area (Å²) in [4.78, 5) is 12.0. The van der Waals surface area contributed by atoms with Gasteiger partial charge in [0.15, 0.2) is 0 Å². The SMILES string of the molecule is CCc1cccc(C)c1NCC(=O)NCCc1ccc(OC)cc1. The maximum absolute atomic E-state index is 12.0. The topological polar surface area (TPSA) is 50.4 Å². The van der Waals surface area contributed by atoms with Gasteiger partial charge in [-0.05, 0) is 48.6 Å². The summed E-state index contributed by atoms with van der Waals surface area (Å²) >= 11 is 0. The summed E-state index contributed by atoms with van der Waals surface area (Å²) in [6.07, 6.45) is 1.75. The molecule has 0 bridgehead atoms. The first kappa shape index (κ1) is 17.9. The van der Waals surface area contributed by atoms with Gasteiger partial charge in [0.1, 0.15) is 5.75 Å². The molecule has 0 atom stereocenters. The maximum atomic E-state index is 12.0. The number of para-hydroxylation sites is 1.